The molecule has 0 fully saturated rings. The van der Waals surface area contributed by atoms with Gasteiger partial charge in [-0.3, -0.25) is 4.98 Å². The molecule has 5 heteroatoms. The Morgan fingerprint density at radius 3 is 2.83 bits per heavy atom. The third-order valence-corrected chi connectivity index (χ3v) is 3.04. The summed E-state index contributed by atoms with van der Waals surface area (Å²) in [6.45, 7) is 2.33. The van der Waals surface area contributed by atoms with Crippen LogP contribution in [0.1, 0.15) is 11.3 Å². The van der Waals surface area contributed by atoms with Gasteiger partial charge in [-0.25, -0.2) is 9.37 Å². The average Bonchev–Trinajstić information content (AvgIpc) is 2.34. The summed E-state index contributed by atoms with van der Waals surface area (Å²) in [4.78, 5) is 10.3. The van der Waals surface area contributed by atoms with Gasteiger partial charge in [0.25, 0.3) is 0 Å². The van der Waals surface area contributed by atoms with Crippen molar-refractivity contribution in [3.05, 3.63) is 52.1 Å². The van der Waals surface area contributed by atoms with E-state index in [9.17, 15) is 4.39 Å². The highest BCUT2D eigenvalue weighted by Gasteiger charge is 2.08. The molecule has 0 saturated carbocycles. The Balaban J connectivity index is 2.21. The Bertz CT molecular complexity index is 560. The summed E-state index contributed by atoms with van der Waals surface area (Å²) in [5.74, 6) is 0.514. The minimum atomic E-state index is -0.217. The lowest BCUT2D eigenvalue weighted by molar-refractivity contribution is 0.607. The first-order chi connectivity index (χ1) is 8.56. The van der Waals surface area contributed by atoms with Gasteiger partial charge in [0.05, 0.1) is 11.9 Å². The van der Waals surface area contributed by atoms with E-state index in [1.54, 1.807) is 24.5 Å². The molecule has 0 saturated heterocycles. The van der Waals surface area contributed by atoms with Crippen LogP contribution in [-0.2, 0) is 6.54 Å². The highest BCUT2D eigenvalue weighted by molar-refractivity contribution is 9.10. The van der Waals surface area contributed by atoms with Gasteiger partial charge in [-0.1, -0.05) is 15.9 Å². The molecule has 0 aliphatic carbocycles. The molecule has 0 unspecified atom stereocenters. The topological polar surface area (TPSA) is 29.0 Å². The molecule has 0 atom stereocenters. The Morgan fingerprint density at radius 2 is 2.11 bits per heavy atom. The van der Waals surface area contributed by atoms with Gasteiger partial charge < -0.3 is 4.90 Å². The van der Waals surface area contributed by atoms with E-state index in [1.807, 2.05) is 18.9 Å². The molecule has 18 heavy (non-hydrogen) atoms. The highest BCUT2D eigenvalue weighted by Crippen LogP contribution is 2.18. The number of hydrogen-bond acceptors (Lipinski definition) is 3. The zero-order valence-electron chi connectivity index (χ0n) is 10.2. The van der Waals surface area contributed by atoms with Crippen molar-refractivity contribution >= 4 is 21.7 Å². The second-order valence-electron chi connectivity index (χ2n) is 4.11. The van der Waals surface area contributed by atoms with Gasteiger partial charge in [-0.2, -0.15) is 0 Å². The summed E-state index contributed by atoms with van der Waals surface area (Å²) in [7, 11) is 1.86. The van der Waals surface area contributed by atoms with Gasteiger partial charge in [0.1, 0.15) is 11.6 Å². The molecule has 0 bridgehead atoms. The van der Waals surface area contributed by atoms with Crippen LogP contribution in [0.3, 0.4) is 0 Å². The van der Waals surface area contributed by atoms with Crippen LogP contribution in [0, 0.1) is 12.7 Å². The Kier molecular flexibility index (Phi) is 3.91. The van der Waals surface area contributed by atoms with E-state index in [0.717, 1.165) is 16.0 Å². The van der Waals surface area contributed by atoms with Gasteiger partial charge in [-0.15, -0.1) is 0 Å². The molecule has 1 aromatic carbocycles. The number of halogens is 2. The Labute approximate surface area is 114 Å². The van der Waals surface area contributed by atoms with Crippen molar-refractivity contribution < 1.29 is 4.39 Å². The Hall–Kier alpha value is -1.49. The first-order valence-electron chi connectivity index (χ1n) is 5.50. The molecule has 3 nitrogen and oxygen atoms in total. The standard InChI is InChI=1S/C13H13BrFN3/c1-9-6-16-7-13(17-9)18(2)8-10-5-11(14)3-4-12(10)15/h3-7H,8H2,1-2H3. The smallest absolute Gasteiger partial charge is 0.147 e. The molecule has 2 aromatic rings. The fourth-order valence-electron chi connectivity index (χ4n) is 1.64. The predicted octanol–water partition coefficient (Wildman–Crippen LogP) is 3.32. The molecule has 0 amide bonds. The van der Waals surface area contributed by atoms with Gasteiger partial charge in [0.2, 0.25) is 0 Å². The average molecular weight is 310 g/mol. The second kappa shape index (κ2) is 5.44. The van der Waals surface area contributed by atoms with Crippen LogP contribution >= 0.6 is 15.9 Å². The number of nitrogens with zero attached hydrogens (tertiary/aromatic N) is 3. The second-order valence-corrected chi connectivity index (χ2v) is 5.03. The maximum absolute atomic E-state index is 13.6. The summed E-state index contributed by atoms with van der Waals surface area (Å²) in [5, 5.41) is 0. The van der Waals surface area contributed by atoms with Crippen molar-refractivity contribution in [3.8, 4) is 0 Å². The first-order valence-corrected chi connectivity index (χ1v) is 6.29. The molecule has 1 heterocycles. The van der Waals surface area contributed by atoms with Gasteiger partial charge in [-0.05, 0) is 25.1 Å². The van der Waals surface area contributed by atoms with Crippen LogP contribution in [-0.4, -0.2) is 17.0 Å². The largest absolute Gasteiger partial charge is 0.354 e. The third-order valence-electron chi connectivity index (χ3n) is 2.55. The zero-order valence-corrected chi connectivity index (χ0v) is 11.8. The molecule has 1 aromatic heterocycles. The lowest BCUT2D eigenvalue weighted by Gasteiger charge is -2.18. The predicted molar refractivity (Wildman–Crippen MR) is 73.0 cm³/mol. The molecule has 0 spiro atoms. The number of anilines is 1. The van der Waals surface area contributed by atoms with Crippen molar-refractivity contribution in [2.45, 2.75) is 13.5 Å². The number of benzene rings is 1. The fourth-order valence-corrected chi connectivity index (χ4v) is 2.04. The van der Waals surface area contributed by atoms with E-state index in [-0.39, 0.29) is 5.82 Å². The van der Waals surface area contributed by atoms with Crippen molar-refractivity contribution in [2.24, 2.45) is 0 Å². The molecular formula is C13H13BrFN3. The molecule has 2 rings (SSSR count). The lowest BCUT2D eigenvalue weighted by atomic mass is 10.2. The van der Waals surface area contributed by atoms with Crippen molar-refractivity contribution in [1.82, 2.24) is 9.97 Å². The van der Waals surface area contributed by atoms with E-state index in [1.165, 1.54) is 6.07 Å². The molecule has 0 aliphatic rings. The van der Waals surface area contributed by atoms with Crippen LogP contribution in [0.15, 0.2) is 35.1 Å². The zero-order chi connectivity index (χ0) is 13.1. The fraction of sp³-hybridized carbons (Fsp3) is 0.231. The summed E-state index contributed by atoms with van der Waals surface area (Å²) < 4.78 is 14.5. The van der Waals surface area contributed by atoms with Crippen molar-refractivity contribution in [3.63, 3.8) is 0 Å². The van der Waals surface area contributed by atoms with Gasteiger partial charge in [0.15, 0.2) is 0 Å². The Morgan fingerprint density at radius 1 is 1.33 bits per heavy atom. The van der Waals surface area contributed by atoms with E-state index < -0.39 is 0 Å². The molecule has 0 N–H and O–H groups in total. The number of rotatable bonds is 3. The maximum atomic E-state index is 13.6. The third kappa shape index (κ3) is 3.04. The monoisotopic (exact) mass is 309 g/mol. The number of aryl methyl sites for hydroxylation is 1. The van der Waals surface area contributed by atoms with Crippen molar-refractivity contribution in [1.29, 1.82) is 0 Å². The van der Waals surface area contributed by atoms with E-state index in [0.29, 0.717) is 12.1 Å². The number of hydrogen-bond donors (Lipinski definition) is 0. The van der Waals surface area contributed by atoms with E-state index in [2.05, 4.69) is 25.9 Å². The normalized spacial score (nSPS) is 10.4. The molecular weight excluding hydrogens is 297 g/mol. The van der Waals surface area contributed by atoms with Crippen LogP contribution in [0.25, 0.3) is 0 Å². The summed E-state index contributed by atoms with van der Waals surface area (Å²) in [5.41, 5.74) is 1.46. The van der Waals surface area contributed by atoms with E-state index in [4.69, 9.17) is 0 Å². The number of aromatic nitrogens is 2. The highest BCUT2D eigenvalue weighted by atomic mass is 79.9. The minimum Gasteiger partial charge on any atom is -0.354 e. The van der Waals surface area contributed by atoms with Crippen molar-refractivity contribution in [2.75, 3.05) is 11.9 Å². The van der Waals surface area contributed by atoms with Gasteiger partial charge in [0, 0.05) is 29.8 Å². The summed E-state index contributed by atoms with van der Waals surface area (Å²) in [6, 6.07) is 4.91. The lowest BCUT2D eigenvalue weighted by Crippen LogP contribution is -2.19. The minimum absolute atomic E-state index is 0.217. The molecule has 0 radical (unpaired) electrons. The summed E-state index contributed by atoms with van der Waals surface area (Å²) in [6.07, 6.45) is 3.36. The molecule has 94 valence electrons. The van der Waals surface area contributed by atoms with E-state index >= 15 is 0 Å². The molecule has 0 aliphatic heterocycles. The SMILES string of the molecule is Cc1cncc(N(C)Cc2cc(Br)ccc2F)n1. The van der Waals surface area contributed by atoms with Crippen LogP contribution in [0.2, 0.25) is 0 Å². The summed E-state index contributed by atoms with van der Waals surface area (Å²) >= 11 is 3.34. The van der Waals surface area contributed by atoms with Crippen LogP contribution in [0.5, 0.6) is 0 Å². The van der Waals surface area contributed by atoms with Crippen LogP contribution < -0.4 is 4.90 Å². The maximum Gasteiger partial charge on any atom is 0.147 e. The van der Waals surface area contributed by atoms with Gasteiger partial charge >= 0.3 is 0 Å². The van der Waals surface area contributed by atoms with Crippen LogP contribution in [0.4, 0.5) is 10.2 Å². The quantitative estimate of drug-likeness (QED) is 0.871. The first kappa shape index (κ1) is 13.0.